The largest absolute Gasteiger partial charge is 0.381 e. The van der Waals surface area contributed by atoms with Crippen LogP contribution in [0.1, 0.15) is 25.8 Å². The number of nitrogens with one attached hydrogen (secondary N) is 2. The lowest BCUT2D eigenvalue weighted by atomic mass is 10.1. The van der Waals surface area contributed by atoms with Gasteiger partial charge in [-0.1, -0.05) is 32.0 Å². The maximum Gasteiger partial charge on any atom is 0.224 e. The number of ether oxygens (including phenoxy) is 1. The van der Waals surface area contributed by atoms with Crippen LogP contribution in [0.15, 0.2) is 30.5 Å². The number of para-hydroxylation sites is 1. The predicted molar refractivity (Wildman–Crippen MR) is 85.3 cm³/mol. The molecule has 0 fully saturated rings. The highest BCUT2D eigenvalue weighted by Crippen LogP contribution is 2.17. The summed E-state index contributed by atoms with van der Waals surface area (Å²) in [6.45, 7) is 6.40. The van der Waals surface area contributed by atoms with Crippen LogP contribution in [-0.4, -0.2) is 30.6 Å². The van der Waals surface area contributed by atoms with E-state index in [1.807, 2.05) is 30.5 Å². The molecule has 1 heterocycles. The molecule has 0 radical (unpaired) electrons. The first-order valence-corrected chi connectivity index (χ1v) is 7.56. The Morgan fingerprint density at radius 2 is 2.14 bits per heavy atom. The van der Waals surface area contributed by atoms with Crippen molar-refractivity contribution in [2.75, 3.05) is 19.8 Å². The molecule has 2 rings (SSSR count). The highest BCUT2D eigenvalue weighted by Gasteiger charge is 2.07. The van der Waals surface area contributed by atoms with E-state index in [2.05, 4.69) is 24.1 Å². The van der Waals surface area contributed by atoms with Crippen molar-refractivity contribution < 1.29 is 9.53 Å². The molecular formula is C17H24N2O2. The van der Waals surface area contributed by atoms with Gasteiger partial charge in [0.1, 0.15) is 0 Å². The number of benzene rings is 1. The molecule has 1 amide bonds. The lowest BCUT2D eigenvalue weighted by Gasteiger charge is -2.07. The molecule has 0 bridgehead atoms. The fourth-order valence-electron chi connectivity index (χ4n) is 2.23. The van der Waals surface area contributed by atoms with Crippen LogP contribution in [0.25, 0.3) is 10.9 Å². The highest BCUT2D eigenvalue weighted by atomic mass is 16.5. The van der Waals surface area contributed by atoms with Crippen LogP contribution < -0.4 is 5.32 Å². The fourth-order valence-corrected chi connectivity index (χ4v) is 2.23. The molecule has 1 aromatic carbocycles. The van der Waals surface area contributed by atoms with E-state index in [0.29, 0.717) is 25.5 Å². The van der Waals surface area contributed by atoms with E-state index >= 15 is 0 Å². The summed E-state index contributed by atoms with van der Waals surface area (Å²) in [6.07, 6.45) is 3.18. The van der Waals surface area contributed by atoms with Crippen molar-refractivity contribution in [2.24, 2.45) is 5.92 Å². The molecule has 0 aliphatic carbocycles. The van der Waals surface area contributed by atoms with E-state index < -0.39 is 0 Å². The molecule has 0 spiro atoms. The molecular weight excluding hydrogens is 264 g/mol. The minimum Gasteiger partial charge on any atom is -0.381 e. The average Bonchev–Trinajstić information content (AvgIpc) is 2.86. The second-order valence-corrected chi connectivity index (χ2v) is 5.71. The Bertz CT molecular complexity index is 575. The summed E-state index contributed by atoms with van der Waals surface area (Å²) in [5, 5.41) is 4.06. The minimum absolute atomic E-state index is 0.0589. The van der Waals surface area contributed by atoms with Crippen molar-refractivity contribution in [2.45, 2.75) is 26.7 Å². The highest BCUT2D eigenvalue weighted by molar-refractivity contribution is 5.88. The predicted octanol–water partition coefficient (Wildman–Crippen LogP) is 2.89. The lowest BCUT2D eigenvalue weighted by Crippen LogP contribution is -2.26. The van der Waals surface area contributed by atoms with Gasteiger partial charge in [0.15, 0.2) is 0 Å². The van der Waals surface area contributed by atoms with Crippen molar-refractivity contribution in [3.63, 3.8) is 0 Å². The van der Waals surface area contributed by atoms with Crippen molar-refractivity contribution in [1.82, 2.24) is 10.3 Å². The van der Waals surface area contributed by atoms with Crippen LogP contribution in [0.3, 0.4) is 0 Å². The van der Waals surface area contributed by atoms with Crippen molar-refractivity contribution in [3.05, 3.63) is 36.0 Å². The number of aromatic amines is 1. The Labute approximate surface area is 125 Å². The maximum atomic E-state index is 11.9. The van der Waals surface area contributed by atoms with Gasteiger partial charge in [0.25, 0.3) is 0 Å². The van der Waals surface area contributed by atoms with E-state index in [9.17, 15) is 4.79 Å². The molecule has 4 nitrogen and oxygen atoms in total. The molecule has 0 saturated heterocycles. The zero-order valence-electron chi connectivity index (χ0n) is 12.8. The second kappa shape index (κ2) is 7.84. The number of fused-ring (bicyclic) bond motifs is 1. The summed E-state index contributed by atoms with van der Waals surface area (Å²) in [5.74, 6) is 0.616. The smallest absolute Gasteiger partial charge is 0.224 e. The Morgan fingerprint density at radius 3 is 2.95 bits per heavy atom. The summed E-state index contributed by atoms with van der Waals surface area (Å²) in [7, 11) is 0. The average molecular weight is 288 g/mol. The first-order chi connectivity index (χ1) is 10.2. The topological polar surface area (TPSA) is 54.1 Å². The number of H-pyrrole nitrogens is 1. The van der Waals surface area contributed by atoms with E-state index in [4.69, 9.17) is 4.74 Å². The Balaban J connectivity index is 1.70. The maximum absolute atomic E-state index is 11.9. The summed E-state index contributed by atoms with van der Waals surface area (Å²) in [6, 6.07) is 8.03. The zero-order valence-corrected chi connectivity index (χ0v) is 12.8. The SMILES string of the molecule is CC(C)COCCCNC(=O)Cc1c[nH]c2ccccc12. The van der Waals surface area contributed by atoms with Crippen molar-refractivity contribution in [1.29, 1.82) is 0 Å². The Morgan fingerprint density at radius 1 is 1.33 bits per heavy atom. The fraction of sp³-hybridized carbons (Fsp3) is 0.471. The molecule has 21 heavy (non-hydrogen) atoms. The number of hydrogen-bond acceptors (Lipinski definition) is 2. The molecule has 2 aromatic rings. The third-order valence-corrected chi connectivity index (χ3v) is 3.26. The zero-order chi connectivity index (χ0) is 15.1. The molecule has 114 valence electrons. The van der Waals surface area contributed by atoms with E-state index in [0.717, 1.165) is 29.5 Å². The van der Waals surface area contributed by atoms with Crippen molar-refractivity contribution >= 4 is 16.8 Å². The number of rotatable bonds is 8. The number of aromatic nitrogens is 1. The van der Waals surface area contributed by atoms with Gasteiger partial charge in [0, 0.05) is 36.9 Å². The lowest BCUT2D eigenvalue weighted by molar-refractivity contribution is -0.120. The summed E-state index contributed by atoms with van der Waals surface area (Å²) in [5.41, 5.74) is 2.11. The van der Waals surface area contributed by atoms with Crippen molar-refractivity contribution in [3.8, 4) is 0 Å². The van der Waals surface area contributed by atoms with E-state index in [1.165, 1.54) is 0 Å². The van der Waals surface area contributed by atoms with Gasteiger partial charge in [0.05, 0.1) is 6.42 Å². The third-order valence-electron chi connectivity index (χ3n) is 3.26. The molecule has 0 aliphatic rings. The summed E-state index contributed by atoms with van der Waals surface area (Å²) in [4.78, 5) is 15.1. The van der Waals surface area contributed by atoms with Gasteiger partial charge >= 0.3 is 0 Å². The molecule has 1 aromatic heterocycles. The van der Waals surface area contributed by atoms with E-state index in [1.54, 1.807) is 0 Å². The molecule has 0 aliphatic heterocycles. The summed E-state index contributed by atoms with van der Waals surface area (Å²) < 4.78 is 5.48. The van der Waals surface area contributed by atoms with Gasteiger partial charge in [-0.05, 0) is 24.0 Å². The Hall–Kier alpha value is -1.81. The second-order valence-electron chi connectivity index (χ2n) is 5.71. The van der Waals surface area contributed by atoms with E-state index in [-0.39, 0.29) is 5.91 Å². The molecule has 2 N–H and O–H groups in total. The van der Waals surface area contributed by atoms with Gasteiger partial charge in [0.2, 0.25) is 5.91 Å². The third kappa shape index (κ3) is 4.90. The van der Waals surface area contributed by atoms with Gasteiger partial charge in [-0.3, -0.25) is 4.79 Å². The number of amides is 1. The Kier molecular flexibility index (Phi) is 5.81. The van der Waals surface area contributed by atoms with Crippen LogP contribution >= 0.6 is 0 Å². The number of carbonyl (C=O) groups is 1. The van der Waals surface area contributed by atoms with Gasteiger partial charge in [-0.2, -0.15) is 0 Å². The van der Waals surface area contributed by atoms with Crippen LogP contribution in [0.2, 0.25) is 0 Å². The van der Waals surface area contributed by atoms with Gasteiger partial charge in [-0.15, -0.1) is 0 Å². The first kappa shape index (κ1) is 15.6. The normalized spacial score (nSPS) is 11.2. The molecule has 0 saturated carbocycles. The molecule has 0 unspecified atom stereocenters. The standard InChI is InChI=1S/C17H24N2O2/c1-13(2)12-21-9-5-8-18-17(20)10-14-11-19-16-7-4-3-6-15(14)16/h3-4,6-7,11,13,19H,5,8-10,12H2,1-2H3,(H,18,20). The van der Waals surface area contributed by atoms with Crippen LogP contribution in [0.4, 0.5) is 0 Å². The first-order valence-electron chi connectivity index (χ1n) is 7.56. The minimum atomic E-state index is 0.0589. The monoisotopic (exact) mass is 288 g/mol. The van der Waals surface area contributed by atoms with Gasteiger partial charge in [-0.25, -0.2) is 0 Å². The number of carbonyl (C=O) groups excluding carboxylic acids is 1. The number of hydrogen-bond donors (Lipinski definition) is 2. The van der Waals surface area contributed by atoms with Crippen LogP contribution in [0.5, 0.6) is 0 Å². The summed E-state index contributed by atoms with van der Waals surface area (Å²) >= 11 is 0. The van der Waals surface area contributed by atoms with Crippen LogP contribution in [-0.2, 0) is 16.0 Å². The molecule has 4 heteroatoms. The van der Waals surface area contributed by atoms with Crippen LogP contribution in [0, 0.1) is 5.92 Å². The molecule has 0 atom stereocenters. The van der Waals surface area contributed by atoms with Gasteiger partial charge < -0.3 is 15.0 Å². The quantitative estimate of drug-likeness (QED) is 0.734.